The number of carbonyl (C=O) groups is 2. The van der Waals surface area contributed by atoms with E-state index >= 15 is 0 Å². The number of hydrogen-bond donors (Lipinski definition) is 1. The van der Waals surface area contributed by atoms with Gasteiger partial charge in [0, 0.05) is 6.54 Å². The fourth-order valence-corrected chi connectivity index (χ4v) is 1.89. The molecule has 0 fully saturated rings. The van der Waals surface area contributed by atoms with Crippen LogP contribution >= 0.6 is 0 Å². The highest BCUT2D eigenvalue weighted by Gasteiger charge is 2.20. The molecule has 1 aromatic rings. The zero-order chi connectivity index (χ0) is 18.1. The number of benzene rings is 1. The van der Waals surface area contributed by atoms with Crippen LogP contribution in [0.4, 0.5) is 0 Å². The molecule has 0 saturated heterocycles. The monoisotopic (exact) mass is 333 g/mol. The third kappa shape index (κ3) is 6.54. The van der Waals surface area contributed by atoms with Crippen LogP contribution in [0.5, 0.6) is 5.75 Å². The van der Waals surface area contributed by atoms with Crippen LogP contribution in [0.15, 0.2) is 30.9 Å². The van der Waals surface area contributed by atoms with Gasteiger partial charge < -0.3 is 14.8 Å². The predicted molar refractivity (Wildman–Crippen MR) is 94.2 cm³/mol. The van der Waals surface area contributed by atoms with Crippen molar-refractivity contribution in [1.29, 1.82) is 0 Å². The average Bonchev–Trinajstić information content (AvgIpc) is 2.54. The van der Waals surface area contributed by atoms with E-state index < -0.39 is 12.1 Å². The number of nitrogens with one attached hydrogen (secondary N) is 1. The van der Waals surface area contributed by atoms with E-state index in [0.29, 0.717) is 31.1 Å². The van der Waals surface area contributed by atoms with Crippen LogP contribution in [0, 0.1) is 12.8 Å². The van der Waals surface area contributed by atoms with Gasteiger partial charge in [-0.2, -0.15) is 0 Å². The molecular weight excluding hydrogens is 306 g/mol. The molecule has 5 nitrogen and oxygen atoms in total. The molecule has 0 aromatic heterocycles. The Morgan fingerprint density at radius 1 is 1.29 bits per heavy atom. The molecule has 0 spiro atoms. The van der Waals surface area contributed by atoms with E-state index in [-0.39, 0.29) is 11.7 Å². The molecule has 1 rings (SSSR count). The minimum Gasteiger partial charge on any atom is -0.424 e. The molecular formula is C19H27NO4. The van der Waals surface area contributed by atoms with Crippen LogP contribution in [0.1, 0.15) is 43.1 Å². The Morgan fingerprint density at radius 3 is 2.62 bits per heavy atom. The van der Waals surface area contributed by atoms with Crippen molar-refractivity contribution in [2.24, 2.45) is 5.92 Å². The van der Waals surface area contributed by atoms with Crippen molar-refractivity contribution in [3.05, 3.63) is 42.0 Å². The van der Waals surface area contributed by atoms with Gasteiger partial charge in [0.05, 0.1) is 12.2 Å². The van der Waals surface area contributed by atoms with E-state index in [1.165, 1.54) is 0 Å². The first kappa shape index (κ1) is 19.9. The average molecular weight is 333 g/mol. The molecule has 1 amide bonds. The summed E-state index contributed by atoms with van der Waals surface area (Å²) >= 11 is 0. The normalized spacial score (nSPS) is 11.9. The van der Waals surface area contributed by atoms with Crippen LogP contribution in [0.3, 0.4) is 0 Å². The minimum atomic E-state index is -0.710. The van der Waals surface area contributed by atoms with Gasteiger partial charge in [-0.3, -0.25) is 4.79 Å². The first-order chi connectivity index (χ1) is 11.3. The second-order valence-electron chi connectivity index (χ2n) is 6.11. The standard InChI is InChI=1S/C19H27NO4/c1-6-7-10-23-15(5)19(22)24-17-9-8-14(4)11-16(17)18(21)20-12-13(2)3/h6,8-9,11,13,15H,1,7,10,12H2,2-5H3,(H,20,21). The minimum absolute atomic E-state index is 0.242. The Labute approximate surface area is 144 Å². The van der Waals surface area contributed by atoms with Crippen molar-refractivity contribution in [3.63, 3.8) is 0 Å². The van der Waals surface area contributed by atoms with E-state index in [4.69, 9.17) is 9.47 Å². The smallest absolute Gasteiger partial charge is 0.340 e. The van der Waals surface area contributed by atoms with Crippen LogP contribution < -0.4 is 10.1 Å². The third-order valence-corrected chi connectivity index (χ3v) is 3.28. The summed E-state index contributed by atoms with van der Waals surface area (Å²) in [5, 5.41) is 2.84. The van der Waals surface area contributed by atoms with E-state index in [2.05, 4.69) is 11.9 Å². The highest BCUT2D eigenvalue weighted by Crippen LogP contribution is 2.21. The SMILES string of the molecule is C=CCCOC(C)C(=O)Oc1ccc(C)cc1C(=O)NCC(C)C. The number of hydrogen-bond acceptors (Lipinski definition) is 4. The summed E-state index contributed by atoms with van der Waals surface area (Å²) in [4.78, 5) is 24.5. The lowest BCUT2D eigenvalue weighted by molar-refractivity contribution is -0.146. The van der Waals surface area contributed by atoms with Crippen molar-refractivity contribution in [3.8, 4) is 5.75 Å². The predicted octanol–water partition coefficient (Wildman–Crippen LogP) is 3.27. The molecule has 0 aliphatic carbocycles. The molecule has 5 heteroatoms. The summed E-state index contributed by atoms with van der Waals surface area (Å²) in [6.45, 7) is 12.1. The van der Waals surface area contributed by atoms with Crippen LogP contribution in [0.2, 0.25) is 0 Å². The fraction of sp³-hybridized carbons (Fsp3) is 0.474. The molecule has 1 atom stereocenters. The van der Waals surface area contributed by atoms with Crippen molar-refractivity contribution >= 4 is 11.9 Å². The van der Waals surface area contributed by atoms with Gasteiger partial charge >= 0.3 is 5.97 Å². The molecule has 0 aliphatic heterocycles. The van der Waals surface area contributed by atoms with Crippen molar-refractivity contribution < 1.29 is 19.1 Å². The van der Waals surface area contributed by atoms with Gasteiger partial charge in [0.15, 0.2) is 6.10 Å². The van der Waals surface area contributed by atoms with Gasteiger partial charge in [-0.15, -0.1) is 6.58 Å². The molecule has 1 unspecified atom stereocenters. The molecule has 1 N–H and O–H groups in total. The molecule has 0 radical (unpaired) electrons. The van der Waals surface area contributed by atoms with E-state index in [0.717, 1.165) is 5.56 Å². The van der Waals surface area contributed by atoms with Crippen molar-refractivity contribution in [2.75, 3.05) is 13.2 Å². The molecule has 0 bridgehead atoms. The maximum Gasteiger partial charge on any atom is 0.340 e. The van der Waals surface area contributed by atoms with Gasteiger partial charge in [0.2, 0.25) is 0 Å². The number of ether oxygens (including phenoxy) is 2. The van der Waals surface area contributed by atoms with Crippen LogP contribution in [-0.4, -0.2) is 31.1 Å². The zero-order valence-electron chi connectivity index (χ0n) is 14.9. The number of aryl methyl sites for hydroxylation is 1. The Hall–Kier alpha value is -2.14. The topological polar surface area (TPSA) is 64.6 Å². The highest BCUT2D eigenvalue weighted by molar-refractivity contribution is 5.98. The van der Waals surface area contributed by atoms with Gasteiger partial charge in [0.25, 0.3) is 5.91 Å². The lowest BCUT2D eigenvalue weighted by atomic mass is 10.1. The summed E-state index contributed by atoms with van der Waals surface area (Å²) in [5.41, 5.74) is 1.27. The Balaban J connectivity index is 2.81. The van der Waals surface area contributed by atoms with Gasteiger partial charge in [-0.1, -0.05) is 31.6 Å². The molecule has 0 saturated carbocycles. The quantitative estimate of drug-likeness (QED) is 0.326. The summed E-state index contributed by atoms with van der Waals surface area (Å²) in [5.74, 6) is -0.203. The van der Waals surface area contributed by atoms with E-state index in [9.17, 15) is 9.59 Å². The maximum atomic E-state index is 12.3. The largest absolute Gasteiger partial charge is 0.424 e. The fourth-order valence-electron chi connectivity index (χ4n) is 1.89. The summed E-state index contributed by atoms with van der Waals surface area (Å²) in [7, 11) is 0. The lowest BCUT2D eigenvalue weighted by Crippen LogP contribution is -2.30. The molecule has 24 heavy (non-hydrogen) atoms. The lowest BCUT2D eigenvalue weighted by Gasteiger charge is -2.15. The Morgan fingerprint density at radius 2 is 2.00 bits per heavy atom. The first-order valence-corrected chi connectivity index (χ1v) is 8.18. The maximum absolute atomic E-state index is 12.3. The first-order valence-electron chi connectivity index (χ1n) is 8.18. The molecule has 0 aliphatic rings. The van der Waals surface area contributed by atoms with Crippen LogP contribution in [0.25, 0.3) is 0 Å². The second kappa shape index (κ2) is 9.88. The van der Waals surface area contributed by atoms with Gasteiger partial charge in [-0.25, -0.2) is 4.79 Å². The van der Waals surface area contributed by atoms with E-state index in [1.54, 1.807) is 31.2 Å². The van der Waals surface area contributed by atoms with Crippen LogP contribution in [-0.2, 0) is 9.53 Å². The number of amides is 1. The van der Waals surface area contributed by atoms with Crippen molar-refractivity contribution in [2.45, 2.75) is 40.2 Å². The molecule has 1 aromatic carbocycles. The second-order valence-corrected chi connectivity index (χ2v) is 6.11. The Kier molecular flexibility index (Phi) is 8.19. The third-order valence-electron chi connectivity index (χ3n) is 3.28. The summed E-state index contributed by atoms with van der Waals surface area (Å²) in [6, 6.07) is 5.14. The Bertz CT molecular complexity index is 581. The summed E-state index contributed by atoms with van der Waals surface area (Å²) < 4.78 is 10.7. The molecule has 0 heterocycles. The highest BCUT2D eigenvalue weighted by atomic mass is 16.6. The number of carbonyl (C=O) groups excluding carboxylic acids is 2. The number of rotatable bonds is 9. The summed E-state index contributed by atoms with van der Waals surface area (Å²) in [6.07, 6.45) is 1.66. The van der Waals surface area contributed by atoms with E-state index in [1.807, 2.05) is 20.8 Å². The zero-order valence-corrected chi connectivity index (χ0v) is 14.9. The molecule has 132 valence electrons. The number of esters is 1. The van der Waals surface area contributed by atoms with Gasteiger partial charge in [-0.05, 0) is 38.3 Å². The van der Waals surface area contributed by atoms with Gasteiger partial charge in [0.1, 0.15) is 5.75 Å². The van der Waals surface area contributed by atoms with Crippen molar-refractivity contribution in [1.82, 2.24) is 5.32 Å².